The van der Waals surface area contributed by atoms with Crippen LogP contribution in [0.3, 0.4) is 0 Å². The zero-order valence-corrected chi connectivity index (χ0v) is 8.76. The van der Waals surface area contributed by atoms with Crippen LogP contribution < -0.4 is 0 Å². The Bertz CT molecular complexity index is 181. The highest BCUT2D eigenvalue weighted by atomic mass is 16.3. The summed E-state index contributed by atoms with van der Waals surface area (Å²) in [6.07, 6.45) is 3.49. The lowest BCUT2D eigenvalue weighted by molar-refractivity contribution is 0.244. The molecule has 0 aromatic heterocycles. The molecule has 1 atom stereocenters. The lowest BCUT2D eigenvalue weighted by Gasteiger charge is -2.09. The van der Waals surface area contributed by atoms with Crippen molar-refractivity contribution in [3.05, 3.63) is 23.3 Å². The number of aliphatic hydroxyl groups excluding tert-OH is 1. The van der Waals surface area contributed by atoms with Gasteiger partial charge in [-0.25, -0.2) is 0 Å². The minimum absolute atomic E-state index is 0.349. The summed E-state index contributed by atoms with van der Waals surface area (Å²) < 4.78 is 0. The Morgan fingerprint density at radius 1 is 1.17 bits per heavy atom. The largest absolute Gasteiger partial charge is 0.389 e. The van der Waals surface area contributed by atoms with E-state index in [9.17, 15) is 0 Å². The Kier molecular flexibility index (Phi) is 4.91. The van der Waals surface area contributed by atoms with Crippen LogP contribution in [0.25, 0.3) is 0 Å². The highest BCUT2D eigenvalue weighted by Gasteiger charge is 2.00. The molecule has 0 radical (unpaired) electrons. The van der Waals surface area contributed by atoms with E-state index in [2.05, 4.69) is 27.7 Å². The molecule has 1 nitrogen and oxygen atoms in total. The summed E-state index contributed by atoms with van der Waals surface area (Å²) in [4.78, 5) is 0. The van der Waals surface area contributed by atoms with Gasteiger partial charge in [0.1, 0.15) is 0 Å². The van der Waals surface area contributed by atoms with Gasteiger partial charge < -0.3 is 5.11 Å². The van der Waals surface area contributed by atoms with Gasteiger partial charge in [0.25, 0.3) is 0 Å². The van der Waals surface area contributed by atoms with Crippen molar-refractivity contribution >= 4 is 0 Å². The summed E-state index contributed by atoms with van der Waals surface area (Å²) in [7, 11) is 0. The van der Waals surface area contributed by atoms with Crippen LogP contribution in [0.15, 0.2) is 23.3 Å². The van der Waals surface area contributed by atoms with Crippen LogP contribution >= 0.6 is 0 Å². The molecule has 0 saturated carbocycles. The zero-order chi connectivity index (χ0) is 9.72. The first-order chi connectivity index (χ1) is 5.45. The quantitative estimate of drug-likeness (QED) is 0.642. The molecule has 0 aliphatic carbocycles. The summed E-state index contributed by atoms with van der Waals surface area (Å²) in [5.74, 6) is 0.532. The van der Waals surface area contributed by atoms with Gasteiger partial charge in [0, 0.05) is 0 Å². The molecule has 0 aromatic rings. The Balaban J connectivity index is 4.47. The zero-order valence-electron chi connectivity index (χ0n) is 8.76. The van der Waals surface area contributed by atoms with Gasteiger partial charge >= 0.3 is 0 Å². The average Bonchev–Trinajstić information content (AvgIpc) is 1.84. The monoisotopic (exact) mass is 168 g/mol. The topological polar surface area (TPSA) is 20.2 Å². The number of hydrogen-bond acceptors (Lipinski definition) is 1. The van der Waals surface area contributed by atoms with Gasteiger partial charge in [0.2, 0.25) is 0 Å². The maximum Gasteiger partial charge on any atom is 0.0695 e. The van der Waals surface area contributed by atoms with Crippen molar-refractivity contribution in [1.82, 2.24) is 0 Å². The molecule has 0 saturated heterocycles. The van der Waals surface area contributed by atoms with Crippen LogP contribution in [0.4, 0.5) is 0 Å². The lowest BCUT2D eigenvalue weighted by Crippen LogP contribution is -1.97. The Morgan fingerprint density at radius 3 is 1.92 bits per heavy atom. The molecule has 1 N–H and O–H groups in total. The van der Waals surface area contributed by atoms with Gasteiger partial charge in [-0.05, 0) is 32.3 Å². The van der Waals surface area contributed by atoms with Gasteiger partial charge in [0.15, 0.2) is 0 Å². The van der Waals surface area contributed by atoms with E-state index in [1.165, 1.54) is 11.1 Å². The Morgan fingerprint density at radius 2 is 1.67 bits per heavy atom. The molecule has 0 amide bonds. The van der Waals surface area contributed by atoms with Gasteiger partial charge in [-0.3, -0.25) is 0 Å². The maximum atomic E-state index is 9.06. The normalized spacial score (nSPS) is 13.9. The van der Waals surface area contributed by atoms with Gasteiger partial charge in [-0.2, -0.15) is 0 Å². The van der Waals surface area contributed by atoms with Crippen molar-refractivity contribution in [1.29, 1.82) is 0 Å². The summed E-state index contributed by atoms with van der Waals surface area (Å²) in [6, 6.07) is 0. The molecule has 70 valence electrons. The first kappa shape index (κ1) is 11.4. The molecule has 12 heavy (non-hydrogen) atoms. The molecule has 1 unspecified atom stereocenters. The van der Waals surface area contributed by atoms with Crippen molar-refractivity contribution in [2.24, 2.45) is 5.92 Å². The lowest BCUT2D eigenvalue weighted by atomic mass is 9.98. The molecule has 0 heterocycles. The number of hydrogen-bond donors (Lipinski definition) is 1. The van der Waals surface area contributed by atoms with E-state index in [1.807, 2.05) is 12.2 Å². The van der Waals surface area contributed by atoms with Crippen LogP contribution in [0, 0.1) is 5.92 Å². The van der Waals surface area contributed by atoms with E-state index in [-0.39, 0.29) is 6.10 Å². The minimum Gasteiger partial charge on any atom is -0.389 e. The number of rotatable bonds is 3. The molecule has 0 aromatic carbocycles. The van der Waals surface area contributed by atoms with Crippen LogP contribution in [0.1, 0.15) is 34.6 Å². The van der Waals surface area contributed by atoms with Crippen molar-refractivity contribution in [3.8, 4) is 0 Å². The van der Waals surface area contributed by atoms with E-state index in [0.29, 0.717) is 5.92 Å². The smallest absolute Gasteiger partial charge is 0.0695 e. The van der Waals surface area contributed by atoms with Crippen LogP contribution in [0.5, 0.6) is 0 Å². The van der Waals surface area contributed by atoms with Crippen molar-refractivity contribution in [3.63, 3.8) is 0 Å². The summed E-state index contributed by atoms with van der Waals surface area (Å²) in [5, 5.41) is 9.06. The highest BCUT2D eigenvalue weighted by molar-refractivity contribution is 5.25. The molecule has 0 fully saturated rings. The molecule has 1 heteroatoms. The van der Waals surface area contributed by atoms with Crippen molar-refractivity contribution in [2.45, 2.75) is 40.7 Å². The van der Waals surface area contributed by atoms with E-state index in [1.54, 1.807) is 6.92 Å². The summed E-state index contributed by atoms with van der Waals surface area (Å²) in [6.45, 7) is 10.3. The molecular weight excluding hydrogens is 148 g/mol. The standard InChI is InChI=1S/C11H20O/c1-8(2)11(9(3)4)7-6-10(5)12/h6-8,10,12H,1-5H3. The summed E-state index contributed by atoms with van der Waals surface area (Å²) >= 11 is 0. The van der Waals surface area contributed by atoms with E-state index in [0.717, 1.165) is 0 Å². The summed E-state index contributed by atoms with van der Waals surface area (Å²) in [5.41, 5.74) is 2.64. The fourth-order valence-electron chi connectivity index (χ4n) is 1.18. The van der Waals surface area contributed by atoms with E-state index in [4.69, 9.17) is 5.11 Å². The number of aliphatic hydroxyl groups is 1. The third-order valence-corrected chi connectivity index (χ3v) is 1.75. The SMILES string of the molecule is CC(C)=C(C=CC(C)O)C(C)C. The van der Waals surface area contributed by atoms with E-state index >= 15 is 0 Å². The molecule has 0 bridgehead atoms. The fourth-order valence-corrected chi connectivity index (χ4v) is 1.18. The molecule has 0 aliphatic rings. The first-order valence-electron chi connectivity index (χ1n) is 4.48. The average molecular weight is 168 g/mol. The minimum atomic E-state index is -0.349. The third kappa shape index (κ3) is 4.35. The van der Waals surface area contributed by atoms with Crippen LogP contribution in [0.2, 0.25) is 0 Å². The van der Waals surface area contributed by atoms with Gasteiger partial charge in [-0.15, -0.1) is 0 Å². The molecule has 0 aliphatic heterocycles. The van der Waals surface area contributed by atoms with Gasteiger partial charge in [-0.1, -0.05) is 31.6 Å². The Labute approximate surface area is 75.8 Å². The van der Waals surface area contributed by atoms with Crippen molar-refractivity contribution < 1.29 is 5.11 Å². The first-order valence-corrected chi connectivity index (χ1v) is 4.48. The molecule has 0 spiro atoms. The predicted molar refractivity (Wildman–Crippen MR) is 54.0 cm³/mol. The second-order valence-corrected chi connectivity index (χ2v) is 3.71. The number of allylic oxidation sites excluding steroid dienone is 3. The fraction of sp³-hybridized carbons (Fsp3) is 0.636. The maximum absolute atomic E-state index is 9.06. The van der Waals surface area contributed by atoms with Gasteiger partial charge in [0.05, 0.1) is 6.10 Å². The molecular formula is C11H20O. The van der Waals surface area contributed by atoms with Crippen LogP contribution in [-0.4, -0.2) is 11.2 Å². The highest BCUT2D eigenvalue weighted by Crippen LogP contribution is 2.15. The third-order valence-electron chi connectivity index (χ3n) is 1.75. The second-order valence-electron chi connectivity index (χ2n) is 3.71. The van der Waals surface area contributed by atoms with Crippen LogP contribution in [-0.2, 0) is 0 Å². The second kappa shape index (κ2) is 5.15. The van der Waals surface area contributed by atoms with E-state index < -0.39 is 0 Å². The predicted octanol–water partition coefficient (Wildman–Crippen LogP) is 2.92. The molecule has 0 rings (SSSR count). The van der Waals surface area contributed by atoms with Crippen molar-refractivity contribution in [2.75, 3.05) is 0 Å². The Hall–Kier alpha value is -0.560.